The van der Waals surface area contributed by atoms with E-state index in [9.17, 15) is 9.90 Å². The van der Waals surface area contributed by atoms with Crippen molar-refractivity contribution in [3.8, 4) is 11.5 Å². The fraction of sp³-hybridized carbons (Fsp3) is 0.462. The number of nitrogens with zero attached hydrogens (tertiary/aromatic N) is 1. The van der Waals surface area contributed by atoms with Crippen molar-refractivity contribution in [3.05, 3.63) is 23.8 Å². The molecule has 1 fully saturated rings. The van der Waals surface area contributed by atoms with Crippen LogP contribution in [0.5, 0.6) is 11.5 Å². The number of hydrogen-bond donors (Lipinski definition) is 1. The molecule has 1 unspecified atom stereocenters. The summed E-state index contributed by atoms with van der Waals surface area (Å²) in [5, 5.41) is 9.70. The normalized spacial score (nSPS) is 19.3. The lowest BCUT2D eigenvalue weighted by atomic mass is 10.1. The average Bonchev–Trinajstić information content (AvgIpc) is 2.46. The van der Waals surface area contributed by atoms with Crippen molar-refractivity contribution in [1.82, 2.24) is 4.90 Å². The molecule has 19 heavy (non-hydrogen) atoms. The van der Waals surface area contributed by atoms with Crippen LogP contribution in [0, 0.1) is 0 Å². The number of morpholine rings is 1. The summed E-state index contributed by atoms with van der Waals surface area (Å²) < 4.78 is 10.4. The molecule has 1 saturated heterocycles. The fourth-order valence-corrected chi connectivity index (χ4v) is 2.19. The number of aromatic hydroxyl groups is 1. The first-order valence-electron chi connectivity index (χ1n) is 5.99. The standard InChI is InChI=1S/C13H16ClNO4/c1-18-12-3-2-9(6-11(12)16)13(17)15-4-5-19-10(7-14)8-15/h2-3,6,10,16H,4-5,7-8H2,1H3. The van der Waals surface area contributed by atoms with Gasteiger partial charge in [-0.05, 0) is 18.2 Å². The highest BCUT2D eigenvalue weighted by Crippen LogP contribution is 2.27. The van der Waals surface area contributed by atoms with Crippen LogP contribution in [-0.2, 0) is 4.74 Å². The zero-order valence-electron chi connectivity index (χ0n) is 10.6. The number of ether oxygens (including phenoxy) is 2. The summed E-state index contributed by atoms with van der Waals surface area (Å²) in [6.45, 7) is 1.47. The third-order valence-electron chi connectivity index (χ3n) is 3.02. The zero-order valence-corrected chi connectivity index (χ0v) is 11.4. The van der Waals surface area contributed by atoms with Crippen LogP contribution >= 0.6 is 11.6 Å². The SMILES string of the molecule is COc1ccc(C(=O)N2CCOC(CCl)C2)cc1O. The van der Waals surface area contributed by atoms with Crippen molar-refractivity contribution in [2.45, 2.75) is 6.10 Å². The first-order valence-corrected chi connectivity index (χ1v) is 6.53. The van der Waals surface area contributed by atoms with Crippen LogP contribution in [0.3, 0.4) is 0 Å². The molecule has 0 radical (unpaired) electrons. The molecule has 1 atom stereocenters. The molecule has 1 aliphatic rings. The largest absolute Gasteiger partial charge is 0.504 e. The van der Waals surface area contributed by atoms with Crippen LogP contribution in [0.1, 0.15) is 10.4 Å². The summed E-state index contributed by atoms with van der Waals surface area (Å²) in [5.41, 5.74) is 0.425. The number of hydrogen-bond acceptors (Lipinski definition) is 4. The second-order valence-corrected chi connectivity index (χ2v) is 4.59. The maximum absolute atomic E-state index is 12.3. The van der Waals surface area contributed by atoms with Gasteiger partial charge in [-0.25, -0.2) is 0 Å². The Balaban J connectivity index is 2.12. The molecule has 0 spiro atoms. The molecular weight excluding hydrogens is 270 g/mol. The Morgan fingerprint density at radius 3 is 3.05 bits per heavy atom. The smallest absolute Gasteiger partial charge is 0.254 e. The summed E-state index contributed by atoms with van der Waals surface area (Å²) in [6.07, 6.45) is -0.133. The molecule has 1 aliphatic heterocycles. The lowest BCUT2D eigenvalue weighted by Crippen LogP contribution is -2.46. The van der Waals surface area contributed by atoms with Crippen LogP contribution in [0.15, 0.2) is 18.2 Å². The second kappa shape index (κ2) is 6.12. The number of benzene rings is 1. The number of carbonyl (C=O) groups is 1. The predicted octanol–water partition coefficient (Wildman–Crippen LogP) is 1.48. The Kier molecular flexibility index (Phi) is 4.50. The van der Waals surface area contributed by atoms with Crippen molar-refractivity contribution >= 4 is 17.5 Å². The first kappa shape index (κ1) is 14.0. The van der Waals surface area contributed by atoms with E-state index < -0.39 is 0 Å². The summed E-state index contributed by atoms with van der Waals surface area (Å²) in [4.78, 5) is 14.0. The molecule has 1 aromatic carbocycles. The van der Waals surface area contributed by atoms with Gasteiger partial charge in [-0.3, -0.25) is 4.79 Å². The van der Waals surface area contributed by atoms with Gasteiger partial charge in [0.05, 0.1) is 25.7 Å². The minimum Gasteiger partial charge on any atom is -0.504 e. The third kappa shape index (κ3) is 3.11. The Bertz CT molecular complexity index is 466. The van der Waals surface area contributed by atoms with Crippen molar-refractivity contribution in [3.63, 3.8) is 0 Å². The van der Waals surface area contributed by atoms with Crippen LogP contribution < -0.4 is 4.74 Å². The van der Waals surface area contributed by atoms with Crippen molar-refractivity contribution < 1.29 is 19.4 Å². The lowest BCUT2D eigenvalue weighted by molar-refractivity contribution is -0.0108. The zero-order chi connectivity index (χ0) is 13.8. The van der Waals surface area contributed by atoms with E-state index >= 15 is 0 Å². The maximum atomic E-state index is 12.3. The number of methoxy groups -OCH3 is 1. The summed E-state index contributed by atoms with van der Waals surface area (Å²) >= 11 is 5.74. The van der Waals surface area contributed by atoms with Gasteiger partial charge in [0, 0.05) is 18.7 Å². The van der Waals surface area contributed by atoms with Crippen molar-refractivity contribution in [1.29, 1.82) is 0 Å². The molecule has 0 aliphatic carbocycles. The molecule has 2 rings (SSSR count). The quantitative estimate of drug-likeness (QED) is 0.855. The number of rotatable bonds is 3. The molecule has 0 aromatic heterocycles. The van der Waals surface area contributed by atoms with Crippen LogP contribution in [-0.4, -0.2) is 54.7 Å². The topological polar surface area (TPSA) is 59.0 Å². The van der Waals surface area contributed by atoms with E-state index in [1.807, 2.05) is 0 Å². The summed E-state index contributed by atoms with van der Waals surface area (Å²) in [7, 11) is 1.46. The second-order valence-electron chi connectivity index (χ2n) is 4.28. The van der Waals surface area contributed by atoms with Gasteiger partial charge >= 0.3 is 0 Å². The molecule has 104 valence electrons. The van der Waals surface area contributed by atoms with Gasteiger partial charge in [0.15, 0.2) is 11.5 Å². The number of carbonyl (C=O) groups excluding carboxylic acids is 1. The van der Waals surface area contributed by atoms with Crippen LogP contribution in [0.25, 0.3) is 0 Å². The lowest BCUT2D eigenvalue weighted by Gasteiger charge is -2.32. The molecule has 5 nitrogen and oxygen atoms in total. The van der Waals surface area contributed by atoms with E-state index in [1.165, 1.54) is 13.2 Å². The van der Waals surface area contributed by atoms with E-state index in [0.29, 0.717) is 36.9 Å². The van der Waals surface area contributed by atoms with Gasteiger partial charge in [0.2, 0.25) is 0 Å². The highest BCUT2D eigenvalue weighted by molar-refractivity contribution is 6.18. The minimum atomic E-state index is -0.142. The molecular formula is C13H16ClNO4. The third-order valence-corrected chi connectivity index (χ3v) is 3.37. The van der Waals surface area contributed by atoms with Gasteiger partial charge in [-0.1, -0.05) is 0 Å². The fourth-order valence-electron chi connectivity index (χ4n) is 2.00. The van der Waals surface area contributed by atoms with E-state index in [0.717, 1.165) is 0 Å². The van der Waals surface area contributed by atoms with Gasteiger partial charge in [-0.2, -0.15) is 0 Å². The molecule has 1 N–H and O–H groups in total. The van der Waals surface area contributed by atoms with Crippen molar-refractivity contribution in [2.24, 2.45) is 0 Å². The molecule has 1 aromatic rings. The van der Waals surface area contributed by atoms with E-state index in [1.54, 1.807) is 17.0 Å². The van der Waals surface area contributed by atoms with Crippen molar-refractivity contribution in [2.75, 3.05) is 32.7 Å². The number of phenols is 1. The number of alkyl halides is 1. The minimum absolute atomic E-state index is 0.0458. The molecule has 1 amide bonds. The highest BCUT2D eigenvalue weighted by atomic mass is 35.5. The molecule has 0 saturated carbocycles. The van der Waals surface area contributed by atoms with Gasteiger partial charge in [-0.15, -0.1) is 11.6 Å². The Hall–Kier alpha value is -1.46. The number of amides is 1. The van der Waals surface area contributed by atoms with Gasteiger partial charge < -0.3 is 19.5 Å². The monoisotopic (exact) mass is 285 g/mol. The Morgan fingerprint density at radius 1 is 1.63 bits per heavy atom. The van der Waals surface area contributed by atoms with Crippen LogP contribution in [0.2, 0.25) is 0 Å². The summed E-state index contributed by atoms with van der Waals surface area (Å²) in [5.74, 6) is 0.515. The van der Waals surface area contributed by atoms with Crippen LogP contribution in [0.4, 0.5) is 0 Å². The van der Waals surface area contributed by atoms with E-state index in [4.69, 9.17) is 21.1 Å². The van der Waals surface area contributed by atoms with Gasteiger partial charge in [0.25, 0.3) is 5.91 Å². The summed E-state index contributed by atoms with van der Waals surface area (Å²) in [6, 6.07) is 4.61. The number of phenolic OH excluding ortho intramolecular Hbond substituents is 1. The molecule has 0 bridgehead atoms. The highest BCUT2D eigenvalue weighted by Gasteiger charge is 2.24. The van der Waals surface area contributed by atoms with E-state index in [-0.39, 0.29) is 17.8 Å². The first-order chi connectivity index (χ1) is 9.15. The molecule has 1 heterocycles. The predicted molar refractivity (Wildman–Crippen MR) is 71.0 cm³/mol. The Labute approximate surface area is 116 Å². The Morgan fingerprint density at radius 2 is 2.42 bits per heavy atom. The van der Waals surface area contributed by atoms with E-state index in [2.05, 4.69) is 0 Å². The van der Waals surface area contributed by atoms with Gasteiger partial charge in [0.1, 0.15) is 0 Å². The maximum Gasteiger partial charge on any atom is 0.254 e. The average molecular weight is 286 g/mol. The number of halogens is 1. The molecule has 6 heteroatoms.